The molecule has 1 amide bonds. The molecule has 0 saturated carbocycles. The fraction of sp³-hybridized carbons (Fsp3) is 0.250. The third kappa shape index (κ3) is 3.85. The van der Waals surface area contributed by atoms with Gasteiger partial charge in [-0.05, 0) is 23.6 Å². The maximum atomic E-state index is 12.5. The molecule has 0 radical (unpaired) electrons. The van der Waals surface area contributed by atoms with Gasteiger partial charge in [0.1, 0.15) is 5.75 Å². The highest BCUT2D eigenvalue weighted by atomic mass is 32.1. The van der Waals surface area contributed by atoms with E-state index in [0.717, 1.165) is 4.88 Å². The second-order valence-corrected chi connectivity index (χ2v) is 5.50. The number of rotatable bonds is 6. The molecule has 6 heteroatoms. The average Bonchev–Trinajstić information content (AvgIpc) is 3.08. The zero-order valence-corrected chi connectivity index (χ0v) is 13.2. The maximum Gasteiger partial charge on any atom is 0.307 e. The highest BCUT2D eigenvalue weighted by Gasteiger charge is 2.21. The lowest BCUT2D eigenvalue weighted by Crippen LogP contribution is -2.30. The number of hydrogen-bond acceptors (Lipinski definition) is 5. The first-order valence-corrected chi connectivity index (χ1v) is 7.57. The molecule has 0 bridgehead atoms. The Morgan fingerprint density at radius 3 is 2.59 bits per heavy atom. The molecule has 116 valence electrons. The first-order valence-electron chi connectivity index (χ1n) is 6.69. The van der Waals surface area contributed by atoms with Crippen molar-refractivity contribution in [3.05, 3.63) is 52.2 Å². The minimum Gasteiger partial charge on any atom is -0.496 e. The average molecular weight is 319 g/mol. The number of para-hydroxylation sites is 1. The Bertz CT molecular complexity index is 639. The number of esters is 1. The predicted molar refractivity (Wildman–Crippen MR) is 84.2 cm³/mol. The zero-order valence-electron chi connectivity index (χ0n) is 12.4. The summed E-state index contributed by atoms with van der Waals surface area (Å²) < 4.78 is 9.89. The molecule has 0 aliphatic heterocycles. The quantitative estimate of drug-likeness (QED) is 0.832. The molecule has 1 aromatic heterocycles. The van der Waals surface area contributed by atoms with Crippen LogP contribution in [0.5, 0.6) is 5.75 Å². The lowest BCUT2D eigenvalue weighted by molar-refractivity contribution is -0.141. The molecule has 1 heterocycles. The van der Waals surface area contributed by atoms with Crippen LogP contribution in [-0.4, -0.2) is 26.1 Å². The highest BCUT2D eigenvalue weighted by molar-refractivity contribution is 7.10. The van der Waals surface area contributed by atoms with Gasteiger partial charge in [0.25, 0.3) is 5.91 Å². The van der Waals surface area contributed by atoms with Crippen LogP contribution in [0.15, 0.2) is 41.8 Å². The van der Waals surface area contributed by atoms with Gasteiger partial charge in [-0.1, -0.05) is 18.2 Å². The van der Waals surface area contributed by atoms with E-state index in [4.69, 9.17) is 9.47 Å². The van der Waals surface area contributed by atoms with E-state index in [1.54, 1.807) is 24.3 Å². The maximum absolute atomic E-state index is 12.5. The number of methoxy groups -OCH3 is 2. The van der Waals surface area contributed by atoms with Crippen molar-refractivity contribution in [1.29, 1.82) is 0 Å². The first kappa shape index (κ1) is 16.0. The molecule has 1 aromatic carbocycles. The molecule has 5 nitrogen and oxygen atoms in total. The number of amides is 1. The lowest BCUT2D eigenvalue weighted by Gasteiger charge is -2.17. The van der Waals surface area contributed by atoms with Crippen molar-refractivity contribution >= 4 is 23.2 Å². The summed E-state index contributed by atoms with van der Waals surface area (Å²) in [6.07, 6.45) is 0.0813. The Morgan fingerprint density at radius 2 is 1.95 bits per heavy atom. The van der Waals surface area contributed by atoms with Crippen LogP contribution < -0.4 is 10.1 Å². The van der Waals surface area contributed by atoms with E-state index < -0.39 is 6.04 Å². The molecule has 2 rings (SSSR count). The number of thiophene rings is 1. The van der Waals surface area contributed by atoms with Crippen molar-refractivity contribution < 1.29 is 19.1 Å². The van der Waals surface area contributed by atoms with Crippen LogP contribution >= 0.6 is 11.3 Å². The SMILES string of the molecule is COC(=O)C[C@H](NC(=O)c1ccccc1OC)c1cccs1. The van der Waals surface area contributed by atoms with E-state index in [-0.39, 0.29) is 18.3 Å². The minimum atomic E-state index is -0.426. The largest absolute Gasteiger partial charge is 0.496 e. The Kier molecular flexibility index (Phi) is 5.55. The molecule has 0 fully saturated rings. The van der Waals surface area contributed by atoms with Crippen molar-refractivity contribution in [3.63, 3.8) is 0 Å². The number of carbonyl (C=O) groups excluding carboxylic acids is 2. The molecule has 0 unspecified atom stereocenters. The number of carbonyl (C=O) groups is 2. The third-order valence-corrected chi connectivity index (χ3v) is 4.13. The number of hydrogen-bond donors (Lipinski definition) is 1. The van der Waals surface area contributed by atoms with Crippen LogP contribution in [-0.2, 0) is 9.53 Å². The van der Waals surface area contributed by atoms with Gasteiger partial charge in [-0.2, -0.15) is 0 Å². The number of benzene rings is 1. The summed E-state index contributed by atoms with van der Waals surface area (Å²) in [6.45, 7) is 0. The molecule has 1 atom stereocenters. The fourth-order valence-electron chi connectivity index (χ4n) is 2.03. The molecule has 0 aliphatic rings. The Morgan fingerprint density at radius 1 is 1.18 bits per heavy atom. The molecule has 0 saturated heterocycles. The summed E-state index contributed by atoms with van der Waals surface area (Å²) >= 11 is 1.48. The van der Waals surface area contributed by atoms with Crippen LogP contribution in [0.4, 0.5) is 0 Å². The van der Waals surface area contributed by atoms with E-state index in [1.165, 1.54) is 25.6 Å². The van der Waals surface area contributed by atoms with Crippen LogP contribution in [0.2, 0.25) is 0 Å². The third-order valence-electron chi connectivity index (χ3n) is 3.14. The van der Waals surface area contributed by atoms with Gasteiger partial charge >= 0.3 is 5.97 Å². The molecule has 2 aromatic rings. The molecule has 0 spiro atoms. The summed E-state index contributed by atoms with van der Waals surface area (Å²) in [5.41, 5.74) is 0.427. The zero-order chi connectivity index (χ0) is 15.9. The van der Waals surface area contributed by atoms with Gasteiger partial charge in [0.2, 0.25) is 0 Å². The highest BCUT2D eigenvalue weighted by Crippen LogP contribution is 2.24. The van der Waals surface area contributed by atoms with E-state index >= 15 is 0 Å². The Balaban J connectivity index is 2.19. The summed E-state index contributed by atoms with van der Waals surface area (Å²) in [6, 6.07) is 10.3. The van der Waals surface area contributed by atoms with Crippen molar-refractivity contribution in [3.8, 4) is 5.75 Å². The van der Waals surface area contributed by atoms with Crippen LogP contribution in [0.25, 0.3) is 0 Å². The predicted octanol–water partition coefficient (Wildman–Crippen LogP) is 2.79. The second-order valence-electron chi connectivity index (χ2n) is 4.52. The van der Waals surface area contributed by atoms with E-state index in [1.807, 2.05) is 17.5 Å². The van der Waals surface area contributed by atoms with E-state index in [9.17, 15) is 9.59 Å². The van der Waals surface area contributed by atoms with Gasteiger partial charge in [0.05, 0.1) is 32.2 Å². The van der Waals surface area contributed by atoms with Crippen molar-refractivity contribution in [2.75, 3.05) is 14.2 Å². The van der Waals surface area contributed by atoms with Gasteiger partial charge in [-0.3, -0.25) is 9.59 Å². The van der Waals surface area contributed by atoms with Crippen LogP contribution in [0.1, 0.15) is 27.7 Å². The fourth-order valence-corrected chi connectivity index (χ4v) is 2.81. The monoisotopic (exact) mass is 319 g/mol. The molecule has 0 aliphatic carbocycles. The lowest BCUT2D eigenvalue weighted by atomic mass is 10.1. The van der Waals surface area contributed by atoms with E-state index in [0.29, 0.717) is 11.3 Å². The van der Waals surface area contributed by atoms with Crippen molar-refractivity contribution in [2.45, 2.75) is 12.5 Å². The van der Waals surface area contributed by atoms with E-state index in [2.05, 4.69) is 5.32 Å². The van der Waals surface area contributed by atoms with Gasteiger partial charge in [0.15, 0.2) is 0 Å². The molecular weight excluding hydrogens is 302 g/mol. The standard InChI is InChI=1S/C16H17NO4S/c1-20-13-7-4-3-6-11(13)16(19)17-12(10-15(18)21-2)14-8-5-9-22-14/h3-9,12H,10H2,1-2H3,(H,17,19)/t12-/m0/s1. The van der Waals surface area contributed by atoms with Crippen molar-refractivity contribution in [2.24, 2.45) is 0 Å². The normalized spacial score (nSPS) is 11.5. The van der Waals surface area contributed by atoms with Crippen molar-refractivity contribution in [1.82, 2.24) is 5.32 Å². The molecule has 22 heavy (non-hydrogen) atoms. The molecular formula is C16H17NO4S. The molecule has 1 N–H and O–H groups in total. The van der Waals surface area contributed by atoms with Gasteiger partial charge in [-0.15, -0.1) is 11.3 Å². The summed E-state index contributed by atoms with van der Waals surface area (Å²) in [5, 5.41) is 4.76. The van der Waals surface area contributed by atoms with Crippen LogP contribution in [0.3, 0.4) is 0 Å². The van der Waals surface area contributed by atoms with Gasteiger partial charge in [0, 0.05) is 4.88 Å². The summed E-state index contributed by atoms with van der Waals surface area (Å²) in [5.74, 6) is -0.179. The number of ether oxygens (including phenoxy) is 2. The smallest absolute Gasteiger partial charge is 0.307 e. The van der Waals surface area contributed by atoms with Crippen LogP contribution in [0, 0.1) is 0 Å². The second kappa shape index (κ2) is 7.61. The summed E-state index contributed by atoms with van der Waals surface area (Å²) in [4.78, 5) is 24.9. The minimum absolute atomic E-state index is 0.0813. The topological polar surface area (TPSA) is 64.6 Å². The first-order chi connectivity index (χ1) is 10.7. The van der Waals surface area contributed by atoms with Gasteiger partial charge < -0.3 is 14.8 Å². The number of nitrogens with one attached hydrogen (secondary N) is 1. The Hall–Kier alpha value is -2.34. The summed E-state index contributed by atoms with van der Waals surface area (Å²) in [7, 11) is 2.84. The van der Waals surface area contributed by atoms with Gasteiger partial charge in [-0.25, -0.2) is 0 Å². The Labute approximate surface area is 132 Å².